The number of carbonyl (C=O) groups excluding carboxylic acids is 1. The van der Waals surface area contributed by atoms with E-state index in [-0.39, 0.29) is 22.9 Å². The van der Waals surface area contributed by atoms with Crippen molar-refractivity contribution >= 4 is 28.9 Å². The van der Waals surface area contributed by atoms with Gasteiger partial charge in [-0.2, -0.15) is 0 Å². The zero-order valence-corrected chi connectivity index (χ0v) is 15.3. The van der Waals surface area contributed by atoms with Crippen LogP contribution in [0.15, 0.2) is 36.4 Å². The fraction of sp³-hybridized carbons (Fsp3) is 0.278. The van der Waals surface area contributed by atoms with Gasteiger partial charge in [0.2, 0.25) is 0 Å². The molecule has 1 fully saturated rings. The number of aromatic hydroxyl groups is 1. The minimum atomic E-state index is -0.464. The first-order valence-electron chi connectivity index (χ1n) is 8.26. The third-order valence-electron chi connectivity index (χ3n) is 4.48. The van der Waals surface area contributed by atoms with Crippen LogP contribution in [0.4, 0.5) is 11.4 Å². The quantitative estimate of drug-likeness (QED) is 0.635. The van der Waals surface area contributed by atoms with Crippen LogP contribution in [0.25, 0.3) is 0 Å². The van der Waals surface area contributed by atoms with Crippen molar-refractivity contribution in [3.63, 3.8) is 0 Å². The minimum Gasteiger partial charge on any atom is -0.507 e. The summed E-state index contributed by atoms with van der Waals surface area (Å²) in [5.74, 6) is 0.0273. The number of phenolic OH excluding ortho intramolecular Hbond substituents is 1. The van der Waals surface area contributed by atoms with E-state index >= 15 is 0 Å². The number of benzene rings is 2. The molecule has 27 heavy (non-hydrogen) atoms. The molecule has 0 spiro atoms. The molecule has 0 atom stereocenters. The van der Waals surface area contributed by atoms with Gasteiger partial charge in [0, 0.05) is 43.3 Å². The van der Waals surface area contributed by atoms with E-state index in [0.717, 1.165) is 0 Å². The summed E-state index contributed by atoms with van der Waals surface area (Å²) in [6.07, 6.45) is 0. The fourth-order valence-corrected chi connectivity index (χ4v) is 3.22. The number of rotatable bonds is 4. The minimum absolute atomic E-state index is 0.0601. The van der Waals surface area contributed by atoms with Crippen molar-refractivity contribution in [2.45, 2.75) is 0 Å². The number of piperazine rings is 1. The first kappa shape index (κ1) is 18.8. The second kappa shape index (κ2) is 7.71. The maximum Gasteiger partial charge on any atom is 0.294 e. The lowest BCUT2D eigenvalue weighted by Crippen LogP contribution is -2.49. The Hall–Kier alpha value is -3.00. The van der Waals surface area contributed by atoms with Gasteiger partial charge >= 0.3 is 0 Å². The van der Waals surface area contributed by atoms with E-state index in [1.54, 1.807) is 23.1 Å². The number of ether oxygens (including phenoxy) is 1. The number of anilines is 1. The number of hydrogen-bond donors (Lipinski definition) is 1. The Bertz CT molecular complexity index is 881. The highest BCUT2D eigenvalue weighted by molar-refractivity contribution is 6.30. The molecule has 1 aliphatic rings. The highest BCUT2D eigenvalue weighted by Crippen LogP contribution is 2.32. The second-order valence-corrected chi connectivity index (χ2v) is 6.49. The van der Waals surface area contributed by atoms with E-state index in [9.17, 15) is 20.0 Å². The van der Waals surface area contributed by atoms with Gasteiger partial charge in [-0.25, -0.2) is 0 Å². The van der Waals surface area contributed by atoms with Gasteiger partial charge < -0.3 is 19.6 Å². The number of carbonyl (C=O) groups is 1. The van der Waals surface area contributed by atoms with Gasteiger partial charge in [0.05, 0.1) is 17.6 Å². The normalized spacial score (nSPS) is 14.1. The summed E-state index contributed by atoms with van der Waals surface area (Å²) < 4.78 is 5.02. The average Bonchev–Trinajstić information content (AvgIpc) is 2.67. The summed E-state index contributed by atoms with van der Waals surface area (Å²) in [4.78, 5) is 26.9. The summed E-state index contributed by atoms with van der Waals surface area (Å²) in [7, 11) is 1.48. The molecule has 0 saturated carbocycles. The second-order valence-electron chi connectivity index (χ2n) is 6.05. The third kappa shape index (κ3) is 3.90. The summed E-state index contributed by atoms with van der Waals surface area (Å²) in [5.41, 5.74) is 0.612. The van der Waals surface area contributed by atoms with Crippen molar-refractivity contribution in [1.29, 1.82) is 0 Å². The van der Waals surface area contributed by atoms with Crippen LogP contribution in [-0.2, 0) is 0 Å². The zero-order valence-electron chi connectivity index (χ0n) is 14.6. The van der Waals surface area contributed by atoms with Crippen LogP contribution in [0.5, 0.6) is 11.5 Å². The molecule has 1 amide bonds. The van der Waals surface area contributed by atoms with Crippen LogP contribution < -0.4 is 9.64 Å². The number of nitro groups is 1. The number of nitro benzene ring substituents is 1. The molecule has 0 aliphatic carbocycles. The van der Waals surface area contributed by atoms with Crippen molar-refractivity contribution in [2.24, 2.45) is 0 Å². The Morgan fingerprint density at radius 1 is 1.19 bits per heavy atom. The van der Waals surface area contributed by atoms with Gasteiger partial charge in [0.15, 0.2) is 0 Å². The standard InChI is InChI=1S/C18H18ClN3O5/c1-27-13-3-4-14(17(23)11-13)18(24)21-8-6-20(7-9-21)15-5-2-12(19)10-16(15)22(25)26/h2-5,10-11,23H,6-9H2,1H3. The molecule has 1 heterocycles. The van der Waals surface area contributed by atoms with E-state index in [0.29, 0.717) is 42.6 Å². The van der Waals surface area contributed by atoms with Gasteiger partial charge in [-0.1, -0.05) is 11.6 Å². The largest absolute Gasteiger partial charge is 0.507 e. The monoisotopic (exact) mass is 391 g/mol. The maximum atomic E-state index is 12.7. The smallest absolute Gasteiger partial charge is 0.294 e. The lowest BCUT2D eigenvalue weighted by Gasteiger charge is -2.36. The van der Waals surface area contributed by atoms with Gasteiger partial charge in [0.25, 0.3) is 11.6 Å². The third-order valence-corrected chi connectivity index (χ3v) is 4.71. The Morgan fingerprint density at radius 3 is 2.48 bits per heavy atom. The summed E-state index contributed by atoms with van der Waals surface area (Å²) in [6, 6.07) is 9.07. The van der Waals surface area contributed by atoms with Crippen LogP contribution >= 0.6 is 11.6 Å². The summed E-state index contributed by atoms with van der Waals surface area (Å²) >= 11 is 5.86. The maximum absolute atomic E-state index is 12.7. The molecule has 8 nitrogen and oxygen atoms in total. The molecule has 1 N–H and O–H groups in total. The first-order chi connectivity index (χ1) is 12.9. The lowest BCUT2D eigenvalue weighted by atomic mass is 10.1. The van der Waals surface area contributed by atoms with Crippen molar-refractivity contribution < 1.29 is 19.6 Å². The Morgan fingerprint density at radius 2 is 1.89 bits per heavy atom. The molecule has 2 aromatic rings. The number of hydrogen-bond acceptors (Lipinski definition) is 6. The highest BCUT2D eigenvalue weighted by atomic mass is 35.5. The van der Waals surface area contributed by atoms with E-state index in [1.165, 1.54) is 25.3 Å². The van der Waals surface area contributed by atoms with Gasteiger partial charge in [0.1, 0.15) is 17.2 Å². The van der Waals surface area contributed by atoms with Crippen molar-refractivity contribution in [2.75, 3.05) is 38.2 Å². The topological polar surface area (TPSA) is 96.2 Å². The fourth-order valence-electron chi connectivity index (χ4n) is 3.05. The molecule has 2 aromatic carbocycles. The molecule has 0 aromatic heterocycles. The SMILES string of the molecule is COc1ccc(C(=O)N2CCN(c3ccc(Cl)cc3[N+](=O)[O-])CC2)c(O)c1. The van der Waals surface area contributed by atoms with Crippen LogP contribution in [0.2, 0.25) is 5.02 Å². The van der Waals surface area contributed by atoms with E-state index in [4.69, 9.17) is 16.3 Å². The molecule has 0 unspecified atom stereocenters. The molecule has 0 bridgehead atoms. The van der Waals surface area contributed by atoms with Gasteiger partial charge in [-0.05, 0) is 24.3 Å². The van der Waals surface area contributed by atoms with Crippen molar-refractivity contribution in [3.8, 4) is 11.5 Å². The molecule has 142 valence electrons. The Kier molecular flexibility index (Phi) is 5.36. The van der Waals surface area contributed by atoms with Crippen molar-refractivity contribution in [1.82, 2.24) is 4.90 Å². The number of nitrogens with zero attached hydrogens (tertiary/aromatic N) is 3. The Balaban J connectivity index is 1.72. The summed E-state index contributed by atoms with van der Waals surface area (Å²) in [5, 5.41) is 21.6. The molecular weight excluding hydrogens is 374 g/mol. The number of methoxy groups -OCH3 is 1. The molecule has 1 aliphatic heterocycles. The van der Waals surface area contributed by atoms with E-state index in [1.807, 2.05) is 4.90 Å². The zero-order chi connectivity index (χ0) is 19.6. The van der Waals surface area contributed by atoms with Crippen LogP contribution in [0.1, 0.15) is 10.4 Å². The van der Waals surface area contributed by atoms with Crippen molar-refractivity contribution in [3.05, 3.63) is 57.1 Å². The predicted octanol–water partition coefficient (Wildman–Crippen LogP) is 2.92. The van der Waals surface area contributed by atoms with E-state index < -0.39 is 4.92 Å². The first-order valence-corrected chi connectivity index (χ1v) is 8.63. The van der Waals surface area contributed by atoms with E-state index in [2.05, 4.69) is 0 Å². The summed E-state index contributed by atoms with van der Waals surface area (Å²) in [6.45, 7) is 1.63. The highest BCUT2D eigenvalue weighted by Gasteiger charge is 2.27. The number of amides is 1. The Labute approximate surface area is 160 Å². The molecule has 1 saturated heterocycles. The number of phenols is 1. The van der Waals surface area contributed by atoms with Gasteiger partial charge in [-0.15, -0.1) is 0 Å². The molecule has 9 heteroatoms. The predicted molar refractivity (Wildman–Crippen MR) is 101 cm³/mol. The van der Waals surface area contributed by atoms with Crippen LogP contribution in [0, 0.1) is 10.1 Å². The molecule has 3 rings (SSSR count). The average molecular weight is 392 g/mol. The number of halogens is 1. The lowest BCUT2D eigenvalue weighted by molar-refractivity contribution is -0.384. The van der Waals surface area contributed by atoms with Crippen LogP contribution in [0.3, 0.4) is 0 Å². The molecular formula is C18H18ClN3O5. The van der Waals surface area contributed by atoms with Gasteiger partial charge in [-0.3, -0.25) is 14.9 Å². The van der Waals surface area contributed by atoms with Crippen LogP contribution in [-0.4, -0.2) is 54.1 Å². The molecule has 0 radical (unpaired) electrons.